The maximum atomic E-state index is 6.02. The van der Waals surface area contributed by atoms with Crippen molar-refractivity contribution in [1.82, 2.24) is 15.3 Å². The Morgan fingerprint density at radius 1 is 1.29 bits per heavy atom. The minimum absolute atomic E-state index is 0.515. The molecule has 0 radical (unpaired) electrons. The summed E-state index contributed by atoms with van der Waals surface area (Å²) in [5.74, 6) is 0.719. The summed E-state index contributed by atoms with van der Waals surface area (Å²) < 4.78 is 0. The van der Waals surface area contributed by atoms with Gasteiger partial charge in [-0.1, -0.05) is 23.7 Å². The highest BCUT2D eigenvalue weighted by atomic mass is 35.5. The predicted octanol–water partition coefficient (Wildman–Crippen LogP) is 2.00. The minimum atomic E-state index is 0.515. The van der Waals surface area contributed by atoms with Gasteiger partial charge in [0.05, 0.1) is 12.1 Å². The number of nitrogens with one attached hydrogen (secondary N) is 1. The van der Waals surface area contributed by atoms with Crippen molar-refractivity contribution in [2.45, 2.75) is 6.54 Å². The summed E-state index contributed by atoms with van der Waals surface area (Å²) >= 11 is 6.02. The van der Waals surface area contributed by atoms with E-state index in [1.165, 1.54) is 0 Å². The molecule has 0 bridgehead atoms. The lowest BCUT2D eigenvalue weighted by atomic mass is 10.2. The monoisotopic (exact) mass is 207 g/mol. The second-order valence-corrected chi connectivity index (χ2v) is 3.34. The van der Waals surface area contributed by atoms with Gasteiger partial charge < -0.3 is 5.32 Å². The van der Waals surface area contributed by atoms with E-state index in [1.807, 2.05) is 31.3 Å². The first kappa shape index (κ1) is 9.37. The first-order valence-corrected chi connectivity index (χ1v) is 4.75. The molecule has 0 amide bonds. The number of fused-ring (bicyclic) bond motifs is 1. The summed E-state index contributed by atoms with van der Waals surface area (Å²) in [6.45, 7) is 0.630. The number of hydrogen-bond acceptors (Lipinski definition) is 3. The summed E-state index contributed by atoms with van der Waals surface area (Å²) in [7, 11) is 1.85. The molecule has 1 heterocycles. The molecular formula is C10H10ClN3. The van der Waals surface area contributed by atoms with Crippen LogP contribution in [0.3, 0.4) is 0 Å². The van der Waals surface area contributed by atoms with Crippen molar-refractivity contribution < 1.29 is 0 Å². The maximum absolute atomic E-state index is 6.02. The average molecular weight is 208 g/mol. The molecule has 1 aromatic heterocycles. The molecule has 0 fully saturated rings. The lowest BCUT2D eigenvalue weighted by Gasteiger charge is -2.02. The summed E-state index contributed by atoms with van der Waals surface area (Å²) in [4.78, 5) is 8.55. The van der Waals surface area contributed by atoms with Gasteiger partial charge in [0, 0.05) is 5.39 Å². The van der Waals surface area contributed by atoms with Gasteiger partial charge in [-0.15, -0.1) is 0 Å². The molecule has 0 aliphatic rings. The first-order valence-electron chi connectivity index (χ1n) is 4.37. The van der Waals surface area contributed by atoms with Crippen LogP contribution in [0, 0.1) is 0 Å². The highest BCUT2D eigenvalue weighted by molar-refractivity contribution is 6.34. The zero-order valence-corrected chi connectivity index (χ0v) is 8.54. The fraction of sp³-hybridized carbons (Fsp3) is 0.200. The molecule has 2 rings (SSSR count). The minimum Gasteiger partial charge on any atom is -0.313 e. The molecule has 1 aromatic carbocycles. The summed E-state index contributed by atoms with van der Waals surface area (Å²) in [5, 5.41) is 4.40. The van der Waals surface area contributed by atoms with Gasteiger partial charge in [-0.2, -0.15) is 0 Å². The van der Waals surface area contributed by atoms with Crippen LogP contribution in [0.2, 0.25) is 5.15 Å². The van der Waals surface area contributed by atoms with Gasteiger partial charge in [0.1, 0.15) is 11.0 Å². The molecule has 14 heavy (non-hydrogen) atoms. The number of nitrogens with zero attached hydrogens (tertiary/aromatic N) is 2. The van der Waals surface area contributed by atoms with Crippen LogP contribution in [0.5, 0.6) is 0 Å². The van der Waals surface area contributed by atoms with E-state index in [4.69, 9.17) is 11.6 Å². The van der Waals surface area contributed by atoms with Crippen molar-refractivity contribution in [2.24, 2.45) is 0 Å². The number of hydrogen-bond donors (Lipinski definition) is 1. The Bertz CT molecular complexity index is 456. The van der Waals surface area contributed by atoms with E-state index in [9.17, 15) is 0 Å². The molecule has 0 saturated heterocycles. The summed E-state index contributed by atoms with van der Waals surface area (Å²) in [6.07, 6.45) is 0. The second-order valence-electron chi connectivity index (χ2n) is 2.98. The Kier molecular flexibility index (Phi) is 2.61. The number of para-hydroxylation sites is 1. The van der Waals surface area contributed by atoms with Gasteiger partial charge >= 0.3 is 0 Å². The topological polar surface area (TPSA) is 37.8 Å². The zero-order valence-electron chi connectivity index (χ0n) is 7.79. The fourth-order valence-electron chi connectivity index (χ4n) is 1.32. The SMILES string of the molecule is CNCc1nc(Cl)c2ccccc2n1. The van der Waals surface area contributed by atoms with E-state index in [0.29, 0.717) is 11.7 Å². The van der Waals surface area contributed by atoms with E-state index < -0.39 is 0 Å². The normalized spacial score (nSPS) is 10.7. The van der Waals surface area contributed by atoms with Gasteiger partial charge in [-0.25, -0.2) is 9.97 Å². The van der Waals surface area contributed by atoms with E-state index in [1.54, 1.807) is 0 Å². The number of benzene rings is 1. The predicted molar refractivity (Wildman–Crippen MR) is 57.3 cm³/mol. The summed E-state index contributed by atoms with van der Waals surface area (Å²) in [5.41, 5.74) is 0.887. The Labute approximate surface area is 87.1 Å². The van der Waals surface area contributed by atoms with Crippen molar-refractivity contribution in [3.8, 4) is 0 Å². The molecule has 2 aromatic rings. The molecule has 72 valence electrons. The molecule has 3 nitrogen and oxygen atoms in total. The third-order valence-electron chi connectivity index (χ3n) is 1.94. The van der Waals surface area contributed by atoms with Crippen LogP contribution in [-0.2, 0) is 6.54 Å². The molecular weight excluding hydrogens is 198 g/mol. The number of rotatable bonds is 2. The van der Waals surface area contributed by atoms with Gasteiger partial charge in [-0.3, -0.25) is 0 Å². The van der Waals surface area contributed by atoms with Crippen molar-refractivity contribution >= 4 is 22.5 Å². The molecule has 4 heteroatoms. The number of halogens is 1. The van der Waals surface area contributed by atoms with Crippen LogP contribution in [0.25, 0.3) is 10.9 Å². The zero-order chi connectivity index (χ0) is 9.97. The lowest BCUT2D eigenvalue weighted by molar-refractivity contribution is 0.764. The molecule has 0 spiro atoms. The molecule has 0 aliphatic carbocycles. The highest BCUT2D eigenvalue weighted by Crippen LogP contribution is 2.19. The highest BCUT2D eigenvalue weighted by Gasteiger charge is 2.03. The molecule has 0 unspecified atom stereocenters. The van der Waals surface area contributed by atoms with Crippen LogP contribution >= 0.6 is 11.6 Å². The van der Waals surface area contributed by atoms with Gasteiger partial charge in [0.2, 0.25) is 0 Å². The first-order chi connectivity index (χ1) is 6.81. The van der Waals surface area contributed by atoms with Crippen LogP contribution < -0.4 is 5.32 Å². The Balaban J connectivity index is 2.60. The Hall–Kier alpha value is -1.19. The quantitative estimate of drug-likeness (QED) is 0.766. The van der Waals surface area contributed by atoms with Crippen molar-refractivity contribution in [2.75, 3.05) is 7.05 Å². The Morgan fingerprint density at radius 3 is 2.86 bits per heavy atom. The van der Waals surface area contributed by atoms with Crippen molar-refractivity contribution in [1.29, 1.82) is 0 Å². The van der Waals surface area contributed by atoms with Crippen molar-refractivity contribution in [3.05, 3.63) is 35.2 Å². The fourth-order valence-corrected chi connectivity index (χ4v) is 1.58. The average Bonchev–Trinajstić information content (AvgIpc) is 2.18. The molecule has 0 atom stereocenters. The Morgan fingerprint density at radius 2 is 2.07 bits per heavy atom. The molecule has 0 saturated carbocycles. The van der Waals surface area contributed by atoms with Gasteiger partial charge in [0.15, 0.2) is 0 Å². The molecule has 1 N–H and O–H groups in total. The van der Waals surface area contributed by atoms with Gasteiger partial charge in [-0.05, 0) is 19.2 Å². The standard InChI is InChI=1S/C10H10ClN3/c1-12-6-9-13-8-5-3-2-4-7(8)10(11)14-9/h2-5,12H,6H2,1H3. The smallest absolute Gasteiger partial charge is 0.144 e. The van der Waals surface area contributed by atoms with Gasteiger partial charge in [0.25, 0.3) is 0 Å². The third kappa shape index (κ3) is 1.69. The summed E-state index contributed by atoms with van der Waals surface area (Å²) in [6, 6.07) is 7.72. The van der Waals surface area contributed by atoms with E-state index in [2.05, 4.69) is 15.3 Å². The van der Waals surface area contributed by atoms with E-state index >= 15 is 0 Å². The number of aromatic nitrogens is 2. The molecule has 0 aliphatic heterocycles. The van der Waals surface area contributed by atoms with Crippen LogP contribution in [0.1, 0.15) is 5.82 Å². The second kappa shape index (κ2) is 3.90. The van der Waals surface area contributed by atoms with Crippen molar-refractivity contribution in [3.63, 3.8) is 0 Å². The van der Waals surface area contributed by atoms with Crippen LogP contribution in [-0.4, -0.2) is 17.0 Å². The lowest BCUT2D eigenvalue weighted by Crippen LogP contribution is -2.09. The van der Waals surface area contributed by atoms with E-state index in [0.717, 1.165) is 16.7 Å². The van der Waals surface area contributed by atoms with E-state index in [-0.39, 0.29) is 0 Å². The third-order valence-corrected chi connectivity index (χ3v) is 2.23. The largest absolute Gasteiger partial charge is 0.313 e. The van der Waals surface area contributed by atoms with Crippen LogP contribution in [0.15, 0.2) is 24.3 Å². The maximum Gasteiger partial charge on any atom is 0.144 e. The van der Waals surface area contributed by atoms with Crippen LogP contribution in [0.4, 0.5) is 0 Å².